The standard InChI is InChI=1S/C24H28N4O2/c1-17-11-13-27(14-12-17)23(29)16-28-21-10-6-5-9-20(21)26-22(28)15-25-24(30)19-8-4-3-7-18(19)2/h3-10,17H,11-16H2,1-2H3,(H,25,30). The van der Waals surface area contributed by atoms with Gasteiger partial charge in [-0.3, -0.25) is 9.59 Å². The van der Waals surface area contributed by atoms with Crippen LogP contribution >= 0.6 is 0 Å². The number of nitrogens with one attached hydrogen (secondary N) is 1. The predicted octanol–water partition coefficient (Wildman–Crippen LogP) is 3.53. The van der Waals surface area contributed by atoms with E-state index in [0.29, 0.717) is 17.3 Å². The van der Waals surface area contributed by atoms with Crippen molar-refractivity contribution in [1.29, 1.82) is 0 Å². The highest BCUT2D eigenvalue weighted by atomic mass is 16.2. The van der Waals surface area contributed by atoms with Gasteiger partial charge in [-0.15, -0.1) is 0 Å². The number of likely N-dealkylation sites (tertiary alicyclic amines) is 1. The van der Waals surface area contributed by atoms with Gasteiger partial charge in [0.15, 0.2) is 0 Å². The molecule has 30 heavy (non-hydrogen) atoms. The Bertz CT molecular complexity index is 1060. The molecule has 1 aromatic heterocycles. The number of amides is 2. The molecule has 1 saturated heterocycles. The van der Waals surface area contributed by atoms with Gasteiger partial charge in [-0.25, -0.2) is 4.98 Å². The molecule has 0 saturated carbocycles. The van der Waals surface area contributed by atoms with Crippen LogP contribution in [0.2, 0.25) is 0 Å². The molecule has 2 heterocycles. The monoisotopic (exact) mass is 404 g/mol. The predicted molar refractivity (Wildman–Crippen MR) is 117 cm³/mol. The zero-order valence-corrected chi connectivity index (χ0v) is 17.6. The number of hydrogen-bond donors (Lipinski definition) is 1. The Morgan fingerprint density at radius 3 is 2.53 bits per heavy atom. The second-order valence-corrected chi connectivity index (χ2v) is 8.16. The Labute approximate surface area is 176 Å². The van der Waals surface area contributed by atoms with Crippen LogP contribution in [0, 0.1) is 12.8 Å². The number of carbonyl (C=O) groups is 2. The van der Waals surface area contributed by atoms with E-state index >= 15 is 0 Å². The van der Waals surface area contributed by atoms with Gasteiger partial charge in [0.2, 0.25) is 5.91 Å². The smallest absolute Gasteiger partial charge is 0.251 e. The topological polar surface area (TPSA) is 67.2 Å². The maximum Gasteiger partial charge on any atom is 0.251 e. The van der Waals surface area contributed by atoms with Gasteiger partial charge < -0.3 is 14.8 Å². The van der Waals surface area contributed by atoms with Gasteiger partial charge in [-0.05, 0) is 49.4 Å². The van der Waals surface area contributed by atoms with Crippen molar-refractivity contribution in [2.75, 3.05) is 13.1 Å². The Hall–Kier alpha value is -3.15. The summed E-state index contributed by atoms with van der Waals surface area (Å²) in [6, 6.07) is 15.3. The number of imidazole rings is 1. The van der Waals surface area contributed by atoms with Crippen LogP contribution in [0.25, 0.3) is 11.0 Å². The van der Waals surface area contributed by atoms with E-state index in [9.17, 15) is 9.59 Å². The summed E-state index contributed by atoms with van der Waals surface area (Å²) in [6.07, 6.45) is 2.10. The number of carbonyl (C=O) groups excluding carboxylic acids is 2. The zero-order valence-electron chi connectivity index (χ0n) is 17.6. The number of rotatable bonds is 5. The first-order chi connectivity index (χ1) is 14.5. The van der Waals surface area contributed by atoms with Crippen LogP contribution in [0.15, 0.2) is 48.5 Å². The fourth-order valence-electron chi connectivity index (χ4n) is 4.01. The lowest BCUT2D eigenvalue weighted by Crippen LogP contribution is -2.40. The Morgan fingerprint density at radius 1 is 1.07 bits per heavy atom. The molecule has 6 heteroatoms. The average molecular weight is 405 g/mol. The third-order valence-electron chi connectivity index (χ3n) is 5.96. The van der Waals surface area contributed by atoms with Crippen molar-refractivity contribution in [1.82, 2.24) is 19.8 Å². The van der Waals surface area contributed by atoms with Crippen molar-refractivity contribution in [2.24, 2.45) is 5.92 Å². The summed E-state index contributed by atoms with van der Waals surface area (Å²) in [5.41, 5.74) is 3.32. The lowest BCUT2D eigenvalue weighted by molar-refractivity contribution is -0.133. The second kappa shape index (κ2) is 8.69. The minimum atomic E-state index is -0.136. The van der Waals surface area contributed by atoms with Gasteiger partial charge in [-0.2, -0.15) is 0 Å². The van der Waals surface area contributed by atoms with E-state index in [1.807, 2.05) is 64.9 Å². The molecule has 1 aliphatic rings. The first kappa shape index (κ1) is 20.1. The van der Waals surface area contributed by atoms with E-state index in [-0.39, 0.29) is 24.9 Å². The van der Waals surface area contributed by atoms with Crippen LogP contribution in [0.3, 0.4) is 0 Å². The van der Waals surface area contributed by atoms with Gasteiger partial charge >= 0.3 is 0 Å². The minimum absolute atomic E-state index is 0.108. The first-order valence-electron chi connectivity index (χ1n) is 10.6. The molecule has 1 N–H and O–H groups in total. The summed E-state index contributed by atoms with van der Waals surface area (Å²) in [7, 11) is 0. The number of aryl methyl sites for hydroxylation is 1. The molecule has 6 nitrogen and oxygen atoms in total. The molecule has 0 atom stereocenters. The van der Waals surface area contributed by atoms with E-state index in [1.54, 1.807) is 0 Å². The van der Waals surface area contributed by atoms with Gasteiger partial charge in [0.1, 0.15) is 12.4 Å². The van der Waals surface area contributed by atoms with E-state index in [0.717, 1.165) is 42.5 Å². The van der Waals surface area contributed by atoms with Crippen LogP contribution in [-0.4, -0.2) is 39.4 Å². The molecule has 3 aromatic rings. The molecule has 0 aliphatic carbocycles. The highest BCUT2D eigenvalue weighted by Gasteiger charge is 2.22. The van der Waals surface area contributed by atoms with Crippen LogP contribution in [0.5, 0.6) is 0 Å². The van der Waals surface area contributed by atoms with Crippen LogP contribution in [0.1, 0.15) is 41.5 Å². The van der Waals surface area contributed by atoms with Gasteiger partial charge in [0.25, 0.3) is 5.91 Å². The third-order valence-corrected chi connectivity index (χ3v) is 5.96. The number of nitrogens with zero attached hydrogens (tertiary/aromatic N) is 3. The molecule has 0 spiro atoms. The number of fused-ring (bicyclic) bond motifs is 1. The minimum Gasteiger partial charge on any atom is -0.345 e. The van der Waals surface area contributed by atoms with Crippen molar-refractivity contribution in [3.8, 4) is 0 Å². The molecule has 1 aliphatic heterocycles. The Kier molecular flexibility index (Phi) is 5.84. The zero-order chi connectivity index (χ0) is 21.1. The van der Waals surface area contributed by atoms with E-state index in [4.69, 9.17) is 0 Å². The van der Waals surface area contributed by atoms with E-state index in [2.05, 4.69) is 17.2 Å². The SMILES string of the molecule is Cc1ccccc1C(=O)NCc1nc2ccccc2n1CC(=O)N1CCC(C)CC1. The molecule has 0 unspecified atom stereocenters. The first-order valence-corrected chi connectivity index (χ1v) is 10.6. The van der Waals surface area contributed by atoms with Crippen molar-refractivity contribution in [2.45, 2.75) is 39.8 Å². The van der Waals surface area contributed by atoms with Gasteiger partial charge in [-0.1, -0.05) is 37.3 Å². The Morgan fingerprint density at radius 2 is 1.77 bits per heavy atom. The lowest BCUT2D eigenvalue weighted by Gasteiger charge is -2.30. The molecule has 0 bridgehead atoms. The summed E-state index contributed by atoms with van der Waals surface area (Å²) in [5, 5.41) is 2.97. The van der Waals surface area contributed by atoms with E-state index in [1.165, 1.54) is 0 Å². The highest BCUT2D eigenvalue weighted by molar-refractivity contribution is 5.95. The lowest BCUT2D eigenvalue weighted by atomic mass is 9.99. The van der Waals surface area contributed by atoms with Crippen molar-refractivity contribution >= 4 is 22.8 Å². The summed E-state index contributed by atoms with van der Waals surface area (Å²) in [5.74, 6) is 1.34. The molecule has 0 radical (unpaired) electrons. The fraction of sp³-hybridized carbons (Fsp3) is 0.375. The van der Waals surface area contributed by atoms with E-state index < -0.39 is 0 Å². The maximum absolute atomic E-state index is 13.0. The molecule has 2 aromatic carbocycles. The van der Waals surface area contributed by atoms with Crippen molar-refractivity contribution < 1.29 is 9.59 Å². The van der Waals surface area contributed by atoms with Crippen LogP contribution in [-0.2, 0) is 17.9 Å². The number of piperidine rings is 1. The van der Waals surface area contributed by atoms with Gasteiger partial charge in [0.05, 0.1) is 17.6 Å². The molecule has 1 fully saturated rings. The maximum atomic E-state index is 13.0. The number of benzene rings is 2. The molecule has 4 rings (SSSR count). The fourth-order valence-corrected chi connectivity index (χ4v) is 4.01. The quantitative estimate of drug-likeness (QED) is 0.707. The molecule has 2 amide bonds. The van der Waals surface area contributed by atoms with Gasteiger partial charge in [0, 0.05) is 18.7 Å². The highest BCUT2D eigenvalue weighted by Crippen LogP contribution is 2.19. The Balaban J connectivity index is 1.54. The summed E-state index contributed by atoms with van der Waals surface area (Å²) >= 11 is 0. The van der Waals surface area contributed by atoms with Crippen LogP contribution in [0.4, 0.5) is 0 Å². The van der Waals surface area contributed by atoms with Crippen molar-refractivity contribution in [3.63, 3.8) is 0 Å². The largest absolute Gasteiger partial charge is 0.345 e. The second-order valence-electron chi connectivity index (χ2n) is 8.16. The summed E-state index contributed by atoms with van der Waals surface area (Å²) in [4.78, 5) is 32.2. The summed E-state index contributed by atoms with van der Waals surface area (Å²) in [6.45, 7) is 6.29. The van der Waals surface area contributed by atoms with Crippen molar-refractivity contribution in [3.05, 3.63) is 65.5 Å². The molecule has 156 valence electrons. The number of hydrogen-bond acceptors (Lipinski definition) is 3. The van der Waals surface area contributed by atoms with Crippen LogP contribution < -0.4 is 5.32 Å². The number of para-hydroxylation sites is 2. The third kappa shape index (κ3) is 4.22. The normalized spacial score (nSPS) is 14.8. The summed E-state index contributed by atoms with van der Waals surface area (Å²) < 4.78 is 1.94. The average Bonchev–Trinajstić information content (AvgIpc) is 3.10. The molecular weight excluding hydrogens is 376 g/mol. The molecular formula is C24H28N4O2. The number of aromatic nitrogens is 2.